The van der Waals surface area contributed by atoms with E-state index in [4.69, 9.17) is 5.11 Å². The van der Waals surface area contributed by atoms with E-state index in [0.717, 1.165) is 0 Å². The SMILES string of the molecule is CCCC.Cc1ccc(O)cc1. The Morgan fingerprint density at radius 2 is 1.42 bits per heavy atom. The zero-order valence-corrected chi connectivity index (χ0v) is 8.17. The van der Waals surface area contributed by atoms with Crippen LogP contribution in [0.15, 0.2) is 24.3 Å². The topological polar surface area (TPSA) is 20.2 Å². The van der Waals surface area contributed by atoms with Gasteiger partial charge in [-0.3, -0.25) is 0 Å². The summed E-state index contributed by atoms with van der Waals surface area (Å²) in [5.74, 6) is 0.329. The van der Waals surface area contributed by atoms with Gasteiger partial charge in [0.2, 0.25) is 0 Å². The molecular formula is C11H18O. The van der Waals surface area contributed by atoms with E-state index in [-0.39, 0.29) is 0 Å². The number of aryl methyl sites for hydroxylation is 1. The van der Waals surface area contributed by atoms with Crippen molar-refractivity contribution >= 4 is 0 Å². The lowest BCUT2D eigenvalue weighted by Crippen LogP contribution is -1.66. The van der Waals surface area contributed by atoms with Crippen LogP contribution >= 0.6 is 0 Å². The van der Waals surface area contributed by atoms with Gasteiger partial charge in [-0.05, 0) is 19.1 Å². The van der Waals surface area contributed by atoms with Crippen LogP contribution in [0, 0.1) is 6.92 Å². The molecule has 0 fully saturated rings. The third kappa shape index (κ3) is 5.78. The molecule has 0 atom stereocenters. The number of hydrogen-bond acceptors (Lipinski definition) is 1. The first-order chi connectivity index (χ1) is 5.70. The molecule has 0 radical (unpaired) electrons. The fraction of sp³-hybridized carbons (Fsp3) is 0.455. The van der Waals surface area contributed by atoms with E-state index in [1.807, 2.05) is 19.1 Å². The molecule has 1 rings (SSSR count). The molecule has 0 aliphatic heterocycles. The highest BCUT2D eigenvalue weighted by Crippen LogP contribution is 2.07. The highest BCUT2D eigenvalue weighted by molar-refractivity contribution is 5.24. The maximum absolute atomic E-state index is 8.76. The average molecular weight is 166 g/mol. The Morgan fingerprint density at radius 1 is 1.00 bits per heavy atom. The molecule has 0 saturated carbocycles. The van der Waals surface area contributed by atoms with Gasteiger partial charge in [0.25, 0.3) is 0 Å². The van der Waals surface area contributed by atoms with Crippen molar-refractivity contribution in [3.8, 4) is 5.75 Å². The van der Waals surface area contributed by atoms with Crippen LogP contribution in [-0.2, 0) is 0 Å². The number of unbranched alkanes of at least 4 members (excludes halogenated alkanes) is 1. The third-order valence-corrected chi connectivity index (χ3v) is 1.53. The quantitative estimate of drug-likeness (QED) is 0.677. The Morgan fingerprint density at radius 3 is 1.67 bits per heavy atom. The van der Waals surface area contributed by atoms with Crippen molar-refractivity contribution in [2.45, 2.75) is 33.6 Å². The first-order valence-electron chi connectivity index (χ1n) is 4.46. The highest BCUT2D eigenvalue weighted by Gasteiger charge is 1.82. The Labute approximate surface area is 75.1 Å². The second-order valence-corrected chi connectivity index (χ2v) is 2.84. The van der Waals surface area contributed by atoms with Gasteiger partial charge in [0, 0.05) is 0 Å². The van der Waals surface area contributed by atoms with Gasteiger partial charge in [-0.15, -0.1) is 0 Å². The van der Waals surface area contributed by atoms with E-state index in [0.29, 0.717) is 5.75 Å². The first-order valence-corrected chi connectivity index (χ1v) is 4.46. The van der Waals surface area contributed by atoms with Gasteiger partial charge < -0.3 is 5.11 Å². The smallest absolute Gasteiger partial charge is 0.115 e. The summed E-state index contributed by atoms with van der Waals surface area (Å²) in [7, 11) is 0. The third-order valence-electron chi connectivity index (χ3n) is 1.53. The minimum Gasteiger partial charge on any atom is -0.508 e. The molecule has 12 heavy (non-hydrogen) atoms. The molecule has 0 heterocycles. The minimum atomic E-state index is 0.329. The molecule has 0 aromatic heterocycles. The fourth-order valence-electron chi connectivity index (χ4n) is 0.545. The van der Waals surface area contributed by atoms with Crippen molar-refractivity contribution in [1.29, 1.82) is 0 Å². The zero-order valence-electron chi connectivity index (χ0n) is 8.17. The van der Waals surface area contributed by atoms with Crippen LogP contribution in [0.3, 0.4) is 0 Å². The molecule has 1 heteroatoms. The van der Waals surface area contributed by atoms with E-state index in [9.17, 15) is 0 Å². The van der Waals surface area contributed by atoms with Gasteiger partial charge in [-0.1, -0.05) is 44.4 Å². The molecule has 0 spiro atoms. The fourth-order valence-corrected chi connectivity index (χ4v) is 0.545. The van der Waals surface area contributed by atoms with Crippen LogP contribution in [0.25, 0.3) is 0 Å². The van der Waals surface area contributed by atoms with Crippen LogP contribution < -0.4 is 0 Å². The lowest BCUT2D eigenvalue weighted by atomic mass is 10.2. The average Bonchev–Trinajstić information content (AvgIpc) is 2.11. The predicted octanol–water partition coefficient (Wildman–Crippen LogP) is 3.51. The summed E-state index contributed by atoms with van der Waals surface area (Å²) < 4.78 is 0. The summed E-state index contributed by atoms with van der Waals surface area (Å²) in [6.45, 7) is 6.35. The Balaban J connectivity index is 0.000000261. The van der Waals surface area contributed by atoms with Crippen LogP contribution in [0.4, 0.5) is 0 Å². The van der Waals surface area contributed by atoms with E-state index in [1.165, 1.54) is 18.4 Å². The lowest BCUT2D eigenvalue weighted by molar-refractivity contribution is 0.475. The van der Waals surface area contributed by atoms with Crippen molar-refractivity contribution < 1.29 is 5.11 Å². The van der Waals surface area contributed by atoms with E-state index >= 15 is 0 Å². The molecule has 1 N–H and O–H groups in total. The summed E-state index contributed by atoms with van der Waals surface area (Å²) in [4.78, 5) is 0. The molecule has 0 aliphatic rings. The largest absolute Gasteiger partial charge is 0.508 e. The molecule has 0 bridgehead atoms. The summed E-state index contributed by atoms with van der Waals surface area (Å²) in [5.41, 5.74) is 1.17. The van der Waals surface area contributed by atoms with Crippen LogP contribution in [0.2, 0.25) is 0 Å². The maximum Gasteiger partial charge on any atom is 0.115 e. The Kier molecular flexibility index (Phi) is 6.16. The van der Waals surface area contributed by atoms with Crippen molar-refractivity contribution in [2.24, 2.45) is 0 Å². The Hall–Kier alpha value is -0.980. The number of rotatable bonds is 1. The predicted molar refractivity (Wildman–Crippen MR) is 53.4 cm³/mol. The second kappa shape index (κ2) is 6.71. The number of hydrogen-bond donors (Lipinski definition) is 1. The molecule has 0 aliphatic carbocycles. The van der Waals surface area contributed by atoms with Crippen molar-refractivity contribution in [2.75, 3.05) is 0 Å². The summed E-state index contributed by atoms with van der Waals surface area (Å²) in [6, 6.07) is 7.09. The monoisotopic (exact) mass is 166 g/mol. The van der Waals surface area contributed by atoms with Crippen molar-refractivity contribution in [1.82, 2.24) is 0 Å². The number of phenolic OH excluding ortho intramolecular Hbond substituents is 1. The van der Waals surface area contributed by atoms with Crippen molar-refractivity contribution in [3.05, 3.63) is 29.8 Å². The lowest BCUT2D eigenvalue weighted by Gasteiger charge is -1.89. The highest BCUT2D eigenvalue weighted by atomic mass is 16.3. The van der Waals surface area contributed by atoms with Crippen LogP contribution in [0.5, 0.6) is 5.75 Å². The van der Waals surface area contributed by atoms with Gasteiger partial charge in [0.1, 0.15) is 5.75 Å². The van der Waals surface area contributed by atoms with E-state index in [1.54, 1.807) is 12.1 Å². The summed E-state index contributed by atoms with van der Waals surface area (Å²) >= 11 is 0. The van der Waals surface area contributed by atoms with Crippen LogP contribution in [-0.4, -0.2) is 5.11 Å². The first kappa shape index (κ1) is 11.0. The molecule has 1 aromatic rings. The number of aromatic hydroxyl groups is 1. The molecule has 0 unspecified atom stereocenters. The van der Waals surface area contributed by atoms with Crippen LogP contribution in [0.1, 0.15) is 32.3 Å². The molecule has 0 amide bonds. The molecule has 1 aromatic carbocycles. The zero-order chi connectivity index (χ0) is 9.40. The molecular weight excluding hydrogens is 148 g/mol. The van der Waals surface area contributed by atoms with Gasteiger partial charge >= 0.3 is 0 Å². The Bertz CT molecular complexity index is 166. The molecule has 1 nitrogen and oxygen atoms in total. The number of benzene rings is 1. The summed E-state index contributed by atoms with van der Waals surface area (Å²) in [5, 5.41) is 8.76. The second-order valence-electron chi connectivity index (χ2n) is 2.84. The van der Waals surface area contributed by atoms with Crippen molar-refractivity contribution in [3.63, 3.8) is 0 Å². The summed E-state index contributed by atoms with van der Waals surface area (Å²) in [6.07, 6.45) is 2.64. The van der Waals surface area contributed by atoms with E-state index in [2.05, 4.69) is 13.8 Å². The normalized spacial score (nSPS) is 8.58. The maximum atomic E-state index is 8.76. The molecule has 68 valence electrons. The van der Waals surface area contributed by atoms with Gasteiger partial charge in [0.15, 0.2) is 0 Å². The minimum absolute atomic E-state index is 0.329. The molecule has 0 saturated heterocycles. The standard InChI is InChI=1S/C7H8O.C4H10/c1-6-2-4-7(8)5-3-6;1-3-4-2/h2-5,8H,1H3;3-4H2,1-2H3. The van der Waals surface area contributed by atoms with Gasteiger partial charge in [-0.2, -0.15) is 0 Å². The van der Waals surface area contributed by atoms with Gasteiger partial charge in [-0.25, -0.2) is 0 Å². The van der Waals surface area contributed by atoms with Gasteiger partial charge in [0.05, 0.1) is 0 Å². The number of phenols is 1. The van der Waals surface area contributed by atoms with E-state index < -0.39 is 0 Å².